The zero-order chi connectivity index (χ0) is 35.2. The number of ketones is 2. The zero-order valence-electron chi connectivity index (χ0n) is 31.0. The number of methoxy groups -OCH3 is 2. The van der Waals surface area contributed by atoms with E-state index in [1.807, 2.05) is 0 Å². The number of esters is 2. The van der Waals surface area contributed by atoms with Gasteiger partial charge in [-0.2, -0.15) is 0 Å². The first kappa shape index (κ1) is 43.3. The van der Waals surface area contributed by atoms with Gasteiger partial charge in [0.1, 0.15) is 0 Å². The van der Waals surface area contributed by atoms with Crippen LogP contribution in [0.1, 0.15) is 168 Å². The fraction of sp³-hybridized carbons (Fsp3) is 0.714. The minimum absolute atomic E-state index is 0.137. The summed E-state index contributed by atoms with van der Waals surface area (Å²) in [6.07, 6.45) is 38.3. The average Bonchev–Trinajstić information content (AvgIpc) is 3.63. The summed E-state index contributed by atoms with van der Waals surface area (Å²) in [6.45, 7) is 4.48. The van der Waals surface area contributed by atoms with Gasteiger partial charge in [0.2, 0.25) is 0 Å². The van der Waals surface area contributed by atoms with Crippen LogP contribution in [0.5, 0.6) is 0 Å². The zero-order valence-corrected chi connectivity index (χ0v) is 31.0. The molecule has 2 rings (SSSR count). The summed E-state index contributed by atoms with van der Waals surface area (Å²) < 4.78 is 9.26. The van der Waals surface area contributed by atoms with Gasteiger partial charge >= 0.3 is 11.9 Å². The normalized spacial score (nSPS) is 18.5. The molecule has 48 heavy (non-hydrogen) atoms. The van der Waals surface area contributed by atoms with E-state index >= 15 is 0 Å². The summed E-state index contributed by atoms with van der Waals surface area (Å²) in [6, 6.07) is 0. The van der Waals surface area contributed by atoms with Gasteiger partial charge < -0.3 is 9.47 Å². The maximum atomic E-state index is 12.0. The second-order valence-electron chi connectivity index (χ2n) is 13.4. The van der Waals surface area contributed by atoms with Crippen molar-refractivity contribution >= 4 is 23.5 Å². The van der Waals surface area contributed by atoms with E-state index in [2.05, 4.69) is 47.6 Å². The van der Waals surface area contributed by atoms with Crippen LogP contribution in [0.15, 0.2) is 47.6 Å². The topological polar surface area (TPSA) is 86.7 Å². The predicted molar refractivity (Wildman–Crippen MR) is 198 cm³/mol. The molecule has 0 heterocycles. The lowest BCUT2D eigenvalue weighted by Crippen LogP contribution is -2.03. The number of hydrogen-bond acceptors (Lipinski definition) is 6. The molecule has 6 nitrogen and oxygen atoms in total. The van der Waals surface area contributed by atoms with Gasteiger partial charge in [-0.25, -0.2) is 0 Å². The molecule has 6 heteroatoms. The third-order valence-electron chi connectivity index (χ3n) is 9.42. The fourth-order valence-electron chi connectivity index (χ4n) is 6.37. The van der Waals surface area contributed by atoms with Crippen molar-refractivity contribution in [2.24, 2.45) is 11.8 Å². The first-order valence-electron chi connectivity index (χ1n) is 19.4. The van der Waals surface area contributed by atoms with Crippen LogP contribution < -0.4 is 0 Å². The Morgan fingerprint density at radius 1 is 0.542 bits per heavy atom. The van der Waals surface area contributed by atoms with E-state index in [1.165, 1.54) is 91.3 Å². The van der Waals surface area contributed by atoms with E-state index in [-0.39, 0.29) is 23.5 Å². The van der Waals surface area contributed by atoms with E-state index in [0.29, 0.717) is 24.7 Å². The summed E-state index contributed by atoms with van der Waals surface area (Å²) in [5, 5.41) is 0. The molecule has 0 bridgehead atoms. The van der Waals surface area contributed by atoms with Gasteiger partial charge in [-0.05, 0) is 63.5 Å². The van der Waals surface area contributed by atoms with Crippen LogP contribution >= 0.6 is 0 Å². The third-order valence-corrected chi connectivity index (χ3v) is 9.42. The van der Waals surface area contributed by atoms with Crippen molar-refractivity contribution in [3.63, 3.8) is 0 Å². The fourth-order valence-corrected chi connectivity index (χ4v) is 6.37. The quantitative estimate of drug-likeness (QED) is 0.0518. The molecule has 2 aliphatic rings. The molecule has 0 amide bonds. The minimum atomic E-state index is -0.137. The molecule has 0 N–H and O–H groups in total. The molecule has 0 fully saturated rings. The van der Waals surface area contributed by atoms with Crippen LogP contribution in [0.2, 0.25) is 0 Å². The number of rotatable bonds is 26. The smallest absolute Gasteiger partial charge is 0.305 e. The molecule has 0 aliphatic heterocycles. The van der Waals surface area contributed by atoms with E-state index in [0.717, 1.165) is 75.4 Å². The highest BCUT2D eigenvalue weighted by atomic mass is 16.5. The second kappa shape index (κ2) is 29.2. The van der Waals surface area contributed by atoms with Crippen LogP contribution in [-0.2, 0) is 28.7 Å². The van der Waals surface area contributed by atoms with Crippen LogP contribution in [0.4, 0.5) is 0 Å². The number of hydrogen-bond donors (Lipinski definition) is 0. The van der Waals surface area contributed by atoms with Crippen molar-refractivity contribution in [2.75, 3.05) is 14.2 Å². The molecule has 272 valence electrons. The first-order chi connectivity index (χ1) is 23.4. The molecular formula is C42H68O6. The Hall–Kier alpha value is -2.76. The number of carbonyl (C=O) groups is 4. The van der Waals surface area contributed by atoms with Gasteiger partial charge in [0.25, 0.3) is 0 Å². The van der Waals surface area contributed by atoms with Gasteiger partial charge in [0.15, 0.2) is 11.6 Å². The van der Waals surface area contributed by atoms with Crippen LogP contribution in [-0.4, -0.2) is 37.7 Å². The molecule has 0 spiro atoms. The lowest BCUT2D eigenvalue weighted by Gasteiger charge is -2.10. The van der Waals surface area contributed by atoms with Crippen molar-refractivity contribution in [2.45, 2.75) is 168 Å². The van der Waals surface area contributed by atoms with Crippen LogP contribution in [0, 0.1) is 11.8 Å². The number of allylic oxidation sites excluding steroid dienone is 8. The van der Waals surface area contributed by atoms with Crippen molar-refractivity contribution in [3.05, 3.63) is 47.6 Å². The van der Waals surface area contributed by atoms with Gasteiger partial charge in [-0.3, -0.25) is 19.2 Å². The van der Waals surface area contributed by atoms with Crippen molar-refractivity contribution in [3.8, 4) is 0 Å². The molecule has 0 radical (unpaired) electrons. The number of ether oxygens (including phenoxy) is 2. The molecule has 0 unspecified atom stereocenters. The Balaban J connectivity index is 0.000000480. The molecular weight excluding hydrogens is 600 g/mol. The summed E-state index contributed by atoms with van der Waals surface area (Å²) in [5.41, 5.74) is 1.99. The lowest BCUT2D eigenvalue weighted by atomic mass is 9.94. The highest BCUT2D eigenvalue weighted by molar-refractivity contribution is 6.07. The second-order valence-corrected chi connectivity index (χ2v) is 13.4. The summed E-state index contributed by atoms with van der Waals surface area (Å²) in [5.74, 6) is 0.781. The average molecular weight is 669 g/mol. The summed E-state index contributed by atoms with van der Waals surface area (Å²) in [7, 11) is 2.85. The number of carbonyl (C=O) groups excluding carboxylic acids is 4. The van der Waals surface area contributed by atoms with Gasteiger partial charge in [0, 0.05) is 35.8 Å². The molecule has 0 aromatic rings. The molecule has 2 aliphatic carbocycles. The minimum Gasteiger partial charge on any atom is -0.469 e. The van der Waals surface area contributed by atoms with E-state index in [4.69, 9.17) is 0 Å². The largest absolute Gasteiger partial charge is 0.469 e. The molecule has 0 saturated carbocycles. The SMILES string of the molecule is CCCCCCCC[C@@H]1C=CC(=O)/C1=C/CCCCCC(=O)OC.CCCCCCCC[C@H]1C=CC(=O)/C1=C/CCCCCC(=O)OC. The standard InChI is InChI=1S/2C21H34O3/c2*1-3-4-5-6-7-10-13-18-16-17-20(22)19(18)14-11-8-9-12-15-21(23)24-2/h2*14,16-18H,3-13,15H2,1-2H3/b2*19-14+/t2*18-/m10/s1. The van der Waals surface area contributed by atoms with Gasteiger partial charge in [0.05, 0.1) is 14.2 Å². The van der Waals surface area contributed by atoms with Crippen molar-refractivity contribution < 1.29 is 28.7 Å². The predicted octanol–water partition coefficient (Wildman–Crippen LogP) is 11.1. The Morgan fingerprint density at radius 2 is 0.896 bits per heavy atom. The Kier molecular flexibility index (Phi) is 26.3. The lowest BCUT2D eigenvalue weighted by molar-refractivity contribution is -0.141. The van der Waals surface area contributed by atoms with Crippen molar-refractivity contribution in [1.82, 2.24) is 0 Å². The number of unbranched alkanes of at least 4 members (excludes halogenated alkanes) is 16. The van der Waals surface area contributed by atoms with Crippen LogP contribution in [0.25, 0.3) is 0 Å². The highest BCUT2D eigenvalue weighted by Gasteiger charge is 2.23. The van der Waals surface area contributed by atoms with E-state index < -0.39 is 0 Å². The Morgan fingerprint density at radius 3 is 1.27 bits per heavy atom. The first-order valence-corrected chi connectivity index (χ1v) is 19.4. The van der Waals surface area contributed by atoms with Gasteiger partial charge in [-0.15, -0.1) is 0 Å². The summed E-state index contributed by atoms with van der Waals surface area (Å²) >= 11 is 0. The van der Waals surface area contributed by atoms with Crippen LogP contribution in [0.3, 0.4) is 0 Å². The van der Waals surface area contributed by atoms with E-state index in [1.54, 1.807) is 12.2 Å². The van der Waals surface area contributed by atoms with Crippen molar-refractivity contribution in [1.29, 1.82) is 0 Å². The molecule has 0 aromatic heterocycles. The van der Waals surface area contributed by atoms with Gasteiger partial charge in [-0.1, -0.05) is 128 Å². The Bertz CT molecular complexity index is 951. The molecule has 0 aromatic carbocycles. The maximum Gasteiger partial charge on any atom is 0.305 e. The molecule has 2 atom stereocenters. The van der Waals surface area contributed by atoms with E-state index in [9.17, 15) is 19.2 Å². The summed E-state index contributed by atoms with van der Waals surface area (Å²) in [4.78, 5) is 46.1. The third kappa shape index (κ3) is 20.6. The molecule has 0 saturated heterocycles. The Labute approximate surface area is 293 Å². The maximum absolute atomic E-state index is 12.0. The highest BCUT2D eigenvalue weighted by Crippen LogP contribution is 2.29. The monoisotopic (exact) mass is 669 g/mol.